The van der Waals surface area contributed by atoms with Crippen LogP contribution in [0, 0.1) is 13.8 Å². The minimum atomic E-state index is -3.50. The average Bonchev–Trinajstić information content (AvgIpc) is 2.63. The van der Waals surface area contributed by atoms with E-state index in [1.807, 2.05) is 0 Å². The van der Waals surface area contributed by atoms with Crippen molar-refractivity contribution >= 4 is 26.0 Å². The van der Waals surface area contributed by atoms with Crippen molar-refractivity contribution < 1.29 is 13.5 Å². The molecular formula is C12H16BrNO3S. The average molecular weight is 334 g/mol. The second kappa shape index (κ2) is 4.92. The number of aryl methyl sites for hydroxylation is 2. The molecule has 1 fully saturated rings. The van der Waals surface area contributed by atoms with Crippen LogP contribution in [0.1, 0.15) is 17.5 Å². The molecule has 1 saturated heterocycles. The van der Waals surface area contributed by atoms with E-state index in [4.69, 9.17) is 0 Å². The first-order valence-corrected chi connectivity index (χ1v) is 8.00. The summed E-state index contributed by atoms with van der Waals surface area (Å²) in [5.74, 6) is 0. The Balaban J connectivity index is 2.48. The Morgan fingerprint density at radius 3 is 2.33 bits per heavy atom. The van der Waals surface area contributed by atoms with E-state index in [1.54, 1.807) is 26.0 Å². The van der Waals surface area contributed by atoms with Crippen molar-refractivity contribution in [1.82, 2.24) is 4.31 Å². The predicted molar refractivity (Wildman–Crippen MR) is 73.0 cm³/mol. The van der Waals surface area contributed by atoms with E-state index in [9.17, 15) is 13.5 Å². The molecule has 1 N–H and O–H groups in total. The maximum Gasteiger partial charge on any atom is 0.243 e. The Kier molecular flexibility index (Phi) is 3.82. The molecule has 1 heterocycles. The number of aliphatic hydroxyl groups excluding tert-OH is 1. The fourth-order valence-corrected chi connectivity index (χ4v) is 4.95. The van der Waals surface area contributed by atoms with E-state index in [2.05, 4.69) is 15.9 Å². The van der Waals surface area contributed by atoms with Crippen LogP contribution in [-0.2, 0) is 10.0 Å². The lowest BCUT2D eigenvalue weighted by molar-refractivity contribution is 0.189. The van der Waals surface area contributed by atoms with E-state index in [0.717, 1.165) is 15.6 Å². The predicted octanol–water partition coefficient (Wildman–Crippen LogP) is 1.82. The van der Waals surface area contributed by atoms with Crippen molar-refractivity contribution in [1.29, 1.82) is 0 Å². The van der Waals surface area contributed by atoms with E-state index in [1.165, 1.54) is 4.31 Å². The summed E-state index contributed by atoms with van der Waals surface area (Å²) < 4.78 is 27.3. The summed E-state index contributed by atoms with van der Waals surface area (Å²) in [5, 5.41) is 9.48. The second-order valence-electron chi connectivity index (χ2n) is 4.67. The highest BCUT2D eigenvalue weighted by Gasteiger charge is 2.33. The molecular weight excluding hydrogens is 318 g/mol. The number of nitrogens with zero attached hydrogens (tertiary/aromatic N) is 1. The molecule has 0 aliphatic carbocycles. The van der Waals surface area contributed by atoms with Crippen LogP contribution in [0.5, 0.6) is 0 Å². The summed E-state index contributed by atoms with van der Waals surface area (Å²) in [5.41, 5.74) is 1.45. The fraction of sp³-hybridized carbons (Fsp3) is 0.500. The van der Waals surface area contributed by atoms with Crippen LogP contribution in [0.3, 0.4) is 0 Å². The van der Waals surface area contributed by atoms with Crippen LogP contribution in [-0.4, -0.2) is 37.0 Å². The maximum atomic E-state index is 12.5. The van der Waals surface area contributed by atoms with Gasteiger partial charge in [-0.25, -0.2) is 8.42 Å². The molecule has 1 atom stereocenters. The minimum absolute atomic E-state index is 0.192. The van der Waals surface area contributed by atoms with E-state index in [-0.39, 0.29) is 6.54 Å². The van der Waals surface area contributed by atoms with Crippen LogP contribution in [0.2, 0.25) is 0 Å². The normalized spacial score (nSPS) is 21.4. The van der Waals surface area contributed by atoms with Gasteiger partial charge in [0.2, 0.25) is 10.0 Å². The van der Waals surface area contributed by atoms with Gasteiger partial charge in [-0.2, -0.15) is 4.31 Å². The Morgan fingerprint density at radius 2 is 1.89 bits per heavy atom. The molecule has 1 aromatic carbocycles. The summed E-state index contributed by atoms with van der Waals surface area (Å²) in [7, 11) is -3.50. The lowest BCUT2D eigenvalue weighted by atomic mass is 10.2. The largest absolute Gasteiger partial charge is 0.392 e. The lowest BCUT2D eigenvalue weighted by Gasteiger charge is -2.19. The third-order valence-electron chi connectivity index (χ3n) is 3.15. The van der Waals surface area contributed by atoms with Crippen molar-refractivity contribution in [3.8, 4) is 0 Å². The summed E-state index contributed by atoms with van der Waals surface area (Å²) in [6, 6.07) is 3.60. The summed E-state index contributed by atoms with van der Waals surface area (Å²) in [6.45, 7) is 4.16. The van der Waals surface area contributed by atoms with Gasteiger partial charge in [0.15, 0.2) is 0 Å². The van der Waals surface area contributed by atoms with Gasteiger partial charge in [-0.15, -0.1) is 0 Å². The zero-order valence-corrected chi connectivity index (χ0v) is 12.8. The van der Waals surface area contributed by atoms with Gasteiger partial charge in [0.1, 0.15) is 0 Å². The van der Waals surface area contributed by atoms with Crippen molar-refractivity contribution in [3.63, 3.8) is 0 Å². The highest BCUT2D eigenvalue weighted by atomic mass is 79.9. The molecule has 0 spiro atoms. The summed E-state index contributed by atoms with van der Waals surface area (Å²) in [4.78, 5) is 0.361. The van der Waals surface area contributed by atoms with Gasteiger partial charge in [0, 0.05) is 17.6 Å². The number of hydrogen-bond donors (Lipinski definition) is 1. The van der Waals surface area contributed by atoms with Crippen molar-refractivity contribution in [2.75, 3.05) is 13.1 Å². The molecule has 1 aromatic rings. The molecule has 0 saturated carbocycles. The van der Waals surface area contributed by atoms with Crippen LogP contribution in [0.25, 0.3) is 0 Å². The molecule has 1 aliphatic rings. The lowest BCUT2D eigenvalue weighted by Crippen LogP contribution is -2.30. The topological polar surface area (TPSA) is 57.6 Å². The zero-order chi connectivity index (χ0) is 13.5. The molecule has 0 unspecified atom stereocenters. The Morgan fingerprint density at radius 1 is 1.33 bits per heavy atom. The van der Waals surface area contributed by atoms with Gasteiger partial charge in [-0.05, 0) is 43.5 Å². The minimum Gasteiger partial charge on any atom is -0.392 e. The van der Waals surface area contributed by atoms with E-state index < -0.39 is 16.1 Å². The third-order valence-corrected chi connectivity index (χ3v) is 5.78. The molecule has 100 valence electrons. The summed E-state index contributed by atoms with van der Waals surface area (Å²) >= 11 is 3.36. The molecule has 0 amide bonds. The van der Waals surface area contributed by atoms with Crippen LogP contribution in [0.4, 0.5) is 0 Å². The highest BCUT2D eigenvalue weighted by Crippen LogP contribution is 2.29. The summed E-state index contributed by atoms with van der Waals surface area (Å²) in [6.07, 6.45) is -0.0377. The van der Waals surface area contributed by atoms with Crippen LogP contribution >= 0.6 is 15.9 Å². The molecule has 0 radical (unpaired) electrons. The van der Waals surface area contributed by atoms with Gasteiger partial charge in [-0.1, -0.05) is 15.9 Å². The zero-order valence-electron chi connectivity index (χ0n) is 10.4. The Labute approximate surface area is 116 Å². The molecule has 0 aromatic heterocycles. The van der Waals surface area contributed by atoms with Gasteiger partial charge in [-0.3, -0.25) is 0 Å². The van der Waals surface area contributed by atoms with Gasteiger partial charge >= 0.3 is 0 Å². The molecule has 1 aliphatic heterocycles. The quantitative estimate of drug-likeness (QED) is 0.898. The highest BCUT2D eigenvalue weighted by molar-refractivity contribution is 9.10. The van der Waals surface area contributed by atoms with Gasteiger partial charge in [0.25, 0.3) is 0 Å². The van der Waals surface area contributed by atoms with Crippen LogP contribution in [0.15, 0.2) is 21.5 Å². The van der Waals surface area contributed by atoms with Crippen molar-refractivity contribution in [2.24, 2.45) is 0 Å². The van der Waals surface area contributed by atoms with E-state index >= 15 is 0 Å². The number of benzene rings is 1. The molecule has 2 rings (SSSR count). The Bertz CT molecular complexity index is 548. The first kappa shape index (κ1) is 14.0. The number of aliphatic hydroxyl groups is 1. The molecule has 4 nitrogen and oxygen atoms in total. The number of rotatable bonds is 2. The number of hydrogen-bond acceptors (Lipinski definition) is 3. The van der Waals surface area contributed by atoms with E-state index in [0.29, 0.717) is 17.9 Å². The SMILES string of the molecule is Cc1cc(Br)cc(C)c1S(=O)(=O)N1CC[C@@H](O)C1. The first-order chi connectivity index (χ1) is 8.32. The molecule has 18 heavy (non-hydrogen) atoms. The first-order valence-electron chi connectivity index (χ1n) is 5.77. The Hall–Kier alpha value is -0.430. The number of β-amino-alcohol motifs (C(OH)–C–C–N with tert-alkyl or cyclic N) is 1. The van der Waals surface area contributed by atoms with Gasteiger partial charge < -0.3 is 5.11 Å². The molecule has 6 heteroatoms. The fourth-order valence-electron chi connectivity index (χ4n) is 2.36. The van der Waals surface area contributed by atoms with Crippen LogP contribution < -0.4 is 0 Å². The smallest absolute Gasteiger partial charge is 0.243 e. The monoisotopic (exact) mass is 333 g/mol. The van der Waals surface area contributed by atoms with Crippen molar-refractivity contribution in [3.05, 3.63) is 27.7 Å². The third kappa shape index (κ3) is 2.47. The van der Waals surface area contributed by atoms with Crippen molar-refractivity contribution in [2.45, 2.75) is 31.3 Å². The second-order valence-corrected chi connectivity index (χ2v) is 7.46. The maximum absolute atomic E-state index is 12.5. The number of sulfonamides is 1. The standard InChI is InChI=1S/C12H16BrNO3S/c1-8-5-10(13)6-9(2)12(8)18(16,17)14-4-3-11(15)7-14/h5-6,11,15H,3-4,7H2,1-2H3/t11-/m1/s1. The number of halogens is 1. The van der Waals surface area contributed by atoms with Gasteiger partial charge in [0.05, 0.1) is 11.0 Å². The molecule has 0 bridgehead atoms.